The lowest BCUT2D eigenvalue weighted by Gasteiger charge is -2.03. The summed E-state index contributed by atoms with van der Waals surface area (Å²) in [5.41, 5.74) is 0.927. The van der Waals surface area contributed by atoms with Gasteiger partial charge in [-0.25, -0.2) is 14.6 Å². The Bertz CT molecular complexity index is 500. The summed E-state index contributed by atoms with van der Waals surface area (Å²) < 4.78 is 1.74. The average molecular weight is 228 g/mol. The van der Waals surface area contributed by atoms with Crippen LogP contribution in [0.15, 0.2) is 30.6 Å². The smallest absolute Gasteiger partial charge is 0.157 e. The van der Waals surface area contributed by atoms with E-state index in [1.807, 2.05) is 31.3 Å². The van der Waals surface area contributed by atoms with Gasteiger partial charge in [-0.05, 0) is 25.5 Å². The van der Waals surface area contributed by atoms with Gasteiger partial charge in [0.1, 0.15) is 5.82 Å². The van der Waals surface area contributed by atoms with Crippen LogP contribution in [-0.4, -0.2) is 19.7 Å². The van der Waals surface area contributed by atoms with Gasteiger partial charge in [0, 0.05) is 18.5 Å². The third kappa shape index (κ3) is 3.00. The standard InChI is InChI=1S/C13H16N4/c1-3-4-5-7-12-10-13(16-11(2)15-12)17-9-6-8-14-17/h5-10H,3-4H2,1-2H3/b7-5+. The highest BCUT2D eigenvalue weighted by atomic mass is 15.3. The van der Waals surface area contributed by atoms with Crippen LogP contribution in [0.4, 0.5) is 0 Å². The minimum absolute atomic E-state index is 0.758. The third-order valence-electron chi connectivity index (χ3n) is 2.33. The first-order chi connectivity index (χ1) is 8.29. The normalized spacial score (nSPS) is 11.2. The Hall–Kier alpha value is -1.97. The minimum atomic E-state index is 0.758. The van der Waals surface area contributed by atoms with Gasteiger partial charge >= 0.3 is 0 Å². The van der Waals surface area contributed by atoms with E-state index in [2.05, 4.69) is 28.1 Å². The van der Waals surface area contributed by atoms with E-state index in [1.165, 1.54) is 0 Å². The first kappa shape index (κ1) is 11.5. The van der Waals surface area contributed by atoms with Crippen LogP contribution in [0.1, 0.15) is 31.3 Å². The molecule has 0 aliphatic rings. The molecule has 2 rings (SSSR count). The van der Waals surface area contributed by atoms with Crippen LogP contribution in [0.2, 0.25) is 0 Å². The van der Waals surface area contributed by atoms with Crippen LogP contribution in [0, 0.1) is 6.92 Å². The number of hydrogen-bond acceptors (Lipinski definition) is 3. The Balaban J connectivity index is 2.30. The number of rotatable bonds is 4. The molecule has 0 bridgehead atoms. The molecule has 0 unspecified atom stereocenters. The van der Waals surface area contributed by atoms with Gasteiger partial charge in [0.15, 0.2) is 5.82 Å². The van der Waals surface area contributed by atoms with Crippen molar-refractivity contribution in [2.45, 2.75) is 26.7 Å². The summed E-state index contributed by atoms with van der Waals surface area (Å²) in [6, 6.07) is 3.82. The zero-order valence-corrected chi connectivity index (χ0v) is 10.2. The summed E-state index contributed by atoms with van der Waals surface area (Å²) in [5.74, 6) is 1.56. The molecule has 0 saturated heterocycles. The molecule has 0 saturated carbocycles. The summed E-state index contributed by atoms with van der Waals surface area (Å²) in [4.78, 5) is 8.74. The van der Waals surface area contributed by atoms with Crippen molar-refractivity contribution < 1.29 is 0 Å². The highest BCUT2D eigenvalue weighted by Gasteiger charge is 2.01. The molecule has 2 aromatic rings. The molecule has 0 spiro atoms. The first-order valence-electron chi connectivity index (χ1n) is 5.82. The Morgan fingerprint density at radius 3 is 2.94 bits per heavy atom. The highest BCUT2D eigenvalue weighted by Crippen LogP contribution is 2.08. The largest absolute Gasteiger partial charge is 0.234 e. The molecule has 2 heterocycles. The fourth-order valence-corrected chi connectivity index (χ4v) is 1.55. The minimum Gasteiger partial charge on any atom is -0.234 e. The SMILES string of the molecule is CCC/C=C/c1cc(-n2cccn2)nc(C)n1. The lowest BCUT2D eigenvalue weighted by Crippen LogP contribution is -2.02. The van der Waals surface area contributed by atoms with Crippen molar-refractivity contribution in [2.24, 2.45) is 0 Å². The van der Waals surface area contributed by atoms with Crippen molar-refractivity contribution in [3.63, 3.8) is 0 Å². The molecule has 4 nitrogen and oxygen atoms in total. The van der Waals surface area contributed by atoms with E-state index in [0.717, 1.165) is 30.2 Å². The predicted octanol–water partition coefficient (Wildman–Crippen LogP) is 2.78. The molecular formula is C13H16N4. The Kier molecular flexibility index (Phi) is 3.65. The summed E-state index contributed by atoms with van der Waals surface area (Å²) in [6.45, 7) is 4.05. The third-order valence-corrected chi connectivity index (χ3v) is 2.33. The lowest BCUT2D eigenvalue weighted by atomic mass is 10.2. The first-order valence-corrected chi connectivity index (χ1v) is 5.82. The summed E-state index contributed by atoms with van der Waals surface area (Å²) in [7, 11) is 0. The number of allylic oxidation sites excluding steroid dienone is 1. The summed E-state index contributed by atoms with van der Waals surface area (Å²) in [6.07, 6.45) is 10.00. The number of aryl methyl sites for hydroxylation is 1. The summed E-state index contributed by atoms with van der Waals surface area (Å²) >= 11 is 0. The van der Waals surface area contributed by atoms with E-state index >= 15 is 0 Å². The molecular weight excluding hydrogens is 212 g/mol. The predicted molar refractivity (Wildman–Crippen MR) is 67.8 cm³/mol. The molecule has 4 heteroatoms. The van der Waals surface area contributed by atoms with Crippen LogP contribution in [0.5, 0.6) is 0 Å². The van der Waals surface area contributed by atoms with E-state index in [-0.39, 0.29) is 0 Å². The van der Waals surface area contributed by atoms with Gasteiger partial charge in [0.25, 0.3) is 0 Å². The van der Waals surface area contributed by atoms with Gasteiger partial charge < -0.3 is 0 Å². The van der Waals surface area contributed by atoms with Gasteiger partial charge in [-0.15, -0.1) is 0 Å². The van der Waals surface area contributed by atoms with E-state index in [0.29, 0.717) is 0 Å². The Morgan fingerprint density at radius 1 is 1.35 bits per heavy atom. The van der Waals surface area contributed by atoms with Crippen molar-refractivity contribution in [1.29, 1.82) is 0 Å². The number of aromatic nitrogens is 4. The molecule has 0 N–H and O–H groups in total. The molecule has 17 heavy (non-hydrogen) atoms. The van der Waals surface area contributed by atoms with Crippen LogP contribution in [-0.2, 0) is 0 Å². The average Bonchev–Trinajstić information content (AvgIpc) is 2.82. The Morgan fingerprint density at radius 2 is 2.24 bits per heavy atom. The van der Waals surface area contributed by atoms with Gasteiger partial charge in [-0.3, -0.25) is 0 Å². The molecule has 88 valence electrons. The van der Waals surface area contributed by atoms with Gasteiger partial charge in [0.2, 0.25) is 0 Å². The Labute approximate surface area is 101 Å². The monoisotopic (exact) mass is 228 g/mol. The molecule has 0 aromatic carbocycles. The van der Waals surface area contributed by atoms with E-state index in [4.69, 9.17) is 0 Å². The second kappa shape index (κ2) is 5.39. The quantitative estimate of drug-likeness (QED) is 0.808. The maximum absolute atomic E-state index is 4.38. The van der Waals surface area contributed by atoms with E-state index in [9.17, 15) is 0 Å². The topological polar surface area (TPSA) is 43.6 Å². The highest BCUT2D eigenvalue weighted by molar-refractivity contribution is 5.47. The van der Waals surface area contributed by atoms with Crippen LogP contribution in [0.3, 0.4) is 0 Å². The van der Waals surface area contributed by atoms with Crippen LogP contribution in [0.25, 0.3) is 11.9 Å². The maximum Gasteiger partial charge on any atom is 0.157 e. The van der Waals surface area contributed by atoms with Crippen molar-refractivity contribution >= 4 is 6.08 Å². The molecule has 0 aliphatic heterocycles. The van der Waals surface area contributed by atoms with Crippen LogP contribution < -0.4 is 0 Å². The van der Waals surface area contributed by atoms with Crippen molar-refractivity contribution in [2.75, 3.05) is 0 Å². The fraction of sp³-hybridized carbons (Fsp3) is 0.308. The maximum atomic E-state index is 4.38. The number of nitrogens with zero attached hydrogens (tertiary/aromatic N) is 4. The zero-order chi connectivity index (χ0) is 12.1. The lowest BCUT2D eigenvalue weighted by molar-refractivity contribution is 0.826. The molecule has 0 amide bonds. The van der Waals surface area contributed by atoms with Crippen molar-refractivity contribution in [1.82, 2.24) is 19.7 Å². The number of unbranched alkanes of at least 4 members (excludes halogenated alkanes) is 1. The van der Waals surface area contributed by atoms with Gasteiger partial charge in [0.05, 0.1) is 5.69 Å². The molecule has 0 aliphatic carbocycles. The van der Waals surface area contributed by atoms with Crippen molar-refractivity contribution in [3.8, 4) is 5.82 Å². The van der Waals surface area contributed by atoms with Gasteiger partial charge in [-0.2, -0.15) is 5.10 Å². The molecule has 0 atom stereocenters. The van der Waals surface area contributed by atoms with Gasteiger partial charge in [-0.1, -0.05) is 19.4 Å². The van der Waals surface area contributed by atoms with Crippen molar-refractivity contribution in [3.05, 3.63) is 42.1 Å². The molecule has 0 fully saturated rings. The fourth-order valence-electron chi connectivity index (χ4n) is 1.55. The second-order valence-electron chi connectivity index (χ2n) is 3.84. The van der Waals surface area contributed by atoms with E-state index in [1.54, 1.807) is 10.9 Å². The van der Waals surface area contributed by atoms with Crippen LogP contribution >= 0.6 is 0 Å². The van der Waals surface area contributed by atoms with E-state index < -0.39 is 0 Å². The molecule has 0 radical (unpaired) electrons. The molecule has 2 aromatic heterocycles. The summed E-state index contributed by atoms with van der Waals surface area (Å²) in [5, 5.41) is 4.17. The second-order valence-corrected chi connectivity index (χ2v) is 3.84. The number of hydrogen-bond donors (Lipinski definition) is 0. The zero-order valence-electron chi connectivity index (χ0n) is 10.2.